The molecule has 1 aliphatic heterocycles. The molecule has 1 aliphatic carbocycles. The first-order chi connectivity index (χ1) is 15.9. The van der Waals surface area contributed by atoms with Crippen molar-refractivity contribution in [2.75, 3.05) is 19.7 Å². The molecule has 0 spiro atoms. The van der Waals surface area contributed by atoms with Gasteiger partial charge in [0.05, 0.1) is 13.2 Å². The van der Waals surface area contributed by atoms with E-state index in [2.05, 4.69) is 10.3 Å². The molecule has 1 aromatic heterocycles. The highest BCUT2D eigenvalue weighted by Crippen LogP contribution is 2.30. The summed E-state index contributed by atoms with van der Waals surface area (Å²) in [5.41, 5.74) is 2.05. The number of rotatable bonds is 7. The standard InChI is InChI=1S/C27H35N3O3/c1-20(2)29-26(32)27(17-22-9-11-23(12-10-22)24-8-5-13-28-18-24)19-30(14-15-33-27)25(31)16-21-6-3-4-7-21/h5,8-13,18,20-21H,3-4,6-7,14-17,19H2,1-2H3,(H,29,32)/t27-/m0/s1. The summed E-state index contributed by atoms with van der Waals surface area (Å²) in [6.07, 6.45) is 9.32. The fraction of sp³-hybridized carbons (Fsp3) is 0.519. The number of ether oxygens (including phenoxy) is 1. The number of hydrogen-bond acceptors (Lipinski definition) is 4. The predicted octanol–water partition coefficient (Wildman–Crippen LogP) is 3.99. The van der Waals surface area contributed by atoms with Crippen molar-refractivity contribution in [3.63, 3.8) is 0 Å². The van der Waals surface area contributed by atoms with Gasteiger partial charge in [-0.15, -0.1) is 0 Å². The molecule has 0 bridgehead atoms. The van der Waals surface area contributed by atoms with Crippen LogP contribution in [-0.4, -0.2) is 53.0 Å². The van der Waals surface area contributed by atoms with E-state index in [9.17, 15) is 9.59 Å². The minimum absolute atomic E-state index is 0.00417. The molecule has 2 heterocycles. The Bertz CT molecular complexity index is 939. The topological polar surface area (TPSA) is 71.5 Å². The van der Waals surface area contributed by atoms with Crippen LogP contribution in [0.3, 0.4) is 0 Å². The first-order valence-corrected chi connectivity index (χ1v) is 12.2. The number of carbonyl (C=O) groups is 2. The second-order valence-electron chi connectivity index (χ2n) is 9.76. The zero-order chi connectivity index (χ0) is 23.3. The van der Waals surface area contributed by atoms with Crippen molar-refractivity contribution in [3.8, 4) is 11.1 Å². The van der Waals surface area contributed by atoms with Crippen LogP contribution in [0, 0.1) is 5.92 Å². The minimum Gasteiger partial charge on any atom is -0.361 e. The Morgan fingerprint density at radius 2 is 1.91 bits per heavy atom. The van der Waals surface area contributed by atoms with Gasteiger partial charge in [-0.1, -0.05) is 43.2 Å². The fourth-order valence-corrected chi connectivity index (χ4v) is 4.98. The van der Waals surface area contributed by atoms with Gasteiger partial charge < -0.3 is 15.0 Å². The van der Waals surface area contributed by atoms with E-state index < -0.39 is 5.60 Å². The number of amides is 2. The number of hydrogen-bond donors (Lipinski definition) is 1. The molecule has 2 fully saturated rings. The lowest BCUT2D eigenvalue weighted by atomic mass is 9.89. The molecule has 176 valence electrons. The van der Waals surface area contributed by atoms with Gasteiger partial charge in [-0.3, -0.25) is 14.6 Å². The predicted molar refractivity (Wildman–Crippen MR) is 128 cm³/mol. The molecule has 2 amide bonds. The van der Waals surface area contributed by atoms with Gasteiger partial charge in [-0.25, -0.2) is 0 Å². The molecule has 1 saturated carbocycles. The number of nitrogens with one attached hydrogen (secondary N) is 1. The maximum atomic E-state index is 13.4. The summed E-state index contributed by atoms with van der Waals surface area (Å²) < 4.78 is 6.18. The summed E-state index contributed by atoms with van der Waals surface area (Å²) in [4.78, 5) is 32.5. The first-order valence-electron chi connectivity index (χ1n) is 12.2. The van der Waals surface area contributed by atoms with Crippen molar-refractivity contribution < 1.29 is 14.3 Å². The highest BCUT2D eigenvalue weighted by atomic mass is 16.5. The van der Waals surface area contributed by atoms with Crippen LogP contribution in [0.4, 0.5) is 0 Å². The number of carbonyl (C=O) groups excluding carboxylic acids is 2. The van der Waals surface area contributed by atoms with Crippen molar-refractivity contribution in [1.82, 2.24) is 15.2 Å². The van der Waals surface area contributed by atoms with Gasteiger partial charge in [-0.05, 0) is 55.4 Å². The Morgan fingerprint density at radius 1 is 1.15 bits per heavy atom. The van der Waals surface area contributed by atoms with E-state index in [-0.39, 0.29) is 17.9 Å². The quantitative estimate of drug-likeness (QED) is 0.694. The highest BCUT2D eigenvalue weighted by Gasteiger charge is 2.45. The first kappa shape index (κ1) is 23.4. The van der Waals surface area contributed by atoms with Crippen LogP contribution in [0.15, 0.2) is 48.8 Å². The van der Waals surface area contributed by atoms with Crippen LogP contribution in [0.5, 0.6) is 0 Å². The summed E-state index contributed by atoms with van der Waals surface area (Å²) in [6.45, 7) is 5.10. The number of benzene rings is 1. The van der Waals surface area contributed by atoms with Crippen molar-refractivity contribution in [3.05, 3.63) is 54.4 Å². The lowest BCUT2D eigenvalue weighted by Crippen LogP contribution is -2.62. The molecule has 2 aliphatic rings. The zero-order valence-corrected chi connectivity index (χ0v) is 19.8. The average molecular weight is 450 g/mol. The van der Waals surface area contributed by atoms with Crippen LogP contribution in [0.1, 0.15) is 51.5 Å². The summed E-state index contributed by atoms with van der Waals surface area (Å²) in [6, 6.07) is 12.1. The van der Waals surface area contributed by atoms with Crippen molar-refractivity contribution >= 4 is 11.8 Å². The Hall–Kier alpha value is -2.73. The maximum Gasteiger partial charge on any atom is 0.254 e. The monoisotopic (exact) mass is 449 g/mol. The van der Waals surface area contributed by atoms with Crippen molar-refractivity contribution in [1.29, 1.82) is 0 Å². The number of aromatic nitrogens is 1. The van der Waals surface area contributed by atoms with Gasteiger partial charge in [-0.2, -0.15) is 0 Å². The largest absolute Gasteiger partial charge is 0.361 e. The molecule has 1 saturated heterocycles. The van der Waals surface area contributed by atoms with E-state index in [1.54, 1.807) is 6.20 Å². The summed E-state index contributed by atoms with van der Waals surface area (Å²) in [7, 11) is 0. The van der Waals surface area contributed by atoms with E-state index in [4.69, 9.17) is 4.74 Å². The number of pyridine rings is 1. The van der Waals surface area contributed by atoms with E-state index >= 15 is 0 Å². The molecule has 6 nitrogen and oxygen atoms in total. The average Bonchev–Trinajstić information content (AvgIpc) is 3.33. The third-order valence-electron chi connectivity index (χ3n) is 6.75. The third kappa shape index (κ3) is 5.80. The molecule has 2 aromatic rings. The van der Waals surface area contributed by atoms with E-state index in [0.29, 0.717) is 38.5 Å². The molecular formula is C27H35N3O3. The fourth-order valence-electron chi connectivity index (χ4n) is 4.98. The van der Waals surface area contributed by atoms with Crippen LogP contribution in [0.25, 0.3) is 11.1 Å². The summed E-state index contributed by atoms with van der Waals surface area (Å²) in [5, 5.41) is 3.03. The second kappa shape index (κ2) is 10.5. The molecule has 1 aromatic carbocycles. The van der Waals surface area contributed by atoms with E-state index in [0.717, 1.165) is 29.5 Å². The Kier molecular flexibility index (Phi) is 7.43. The lowest BCUT2D eigenvalue weighted by molar-refractivity contribution is -0.166. The van der Waals surface area contributed by atoms with Gasteiger partial charge >= 0.3 is 0 Å². The third-order valence-corrected chi connectivity index (χ3v) is 6.75. The van der Waals surface area contributed by atoms with Gasteiger partial charge in [0, 0.05) is 37.8 Å². The molecule has 0 unspecified atom stereocenters. The molecule has 0 radical (unpaired) electrons. The van der Waals surface area contributed by atoms with E-state index in [1.165, 1.54) is 12.8 Å². The molecular weight excluding hydrogens is 414 g/mol. The van der Waals surface area contributed by atoms with Gasteiger partial charge in [0.2, 0.25) is 5.91 Å². The number of morpholine rings is 1. The van der Waals surface area contributed by atoms with Crippen LogP contribution >= 0.6 is 0 Å². The van der Waals surface area contributed by atoms with Crippen molar-refractivity contribution in [2.45, 2.75) is 64.0 Å². The van der Waals surface area contributed by atoms with Crippen LogP contribution in [-0.2, 0) is 20.7 Å². The second-order valence-corrected chi connectivity index (χ2v) is 9.76. The zero-order valence-electron chi connectivity index (χ0n) is 19.8. The number of nitrogens with zero attached hydrogens (tertiary/aromatic N) is 2. The molecule has 1 N–H and O–H groups in total. The smallest absolute Gasteiger partial charge is 0.254 e. The Labute approximate surface area is 196 Å². The molecule has 1 atom stereocenters. The Balaban J connectivity index is 1.52. The summed E-state index contributed by atoms with van der Waals surface area (Å²) >= 11 is 0. The van der Waals surface area contributed by atoms with Crippen LogP contribution < -0.4 is 5.32 Å². The minimum atomic E-state index is -1.08. The normalized spacial score (nSPS) is 21.4. The van der Waals surface area contributed by atoms with Crippen molar-refractivity contribution in [2.24, 2.45) is 5.92 Å². The molecule has 4 rings (SSSR count). The Morgan fingerprint density at radius 3 is 2.58 bits per heavy atom. The highest BCUT2D eigenvalue weighted by molar-refractivity contribution is 5.87. The van der Waals surface area contributed by atoms with Gasteiger partial charge in [0.1, 0.15) is 0 Å². The van der Waals surface area contributed by atoms with Crippen LogP contribution in [0.2, 0.25) is 0 Å². The molecule has 6 heteroatoms. The molecule has 33 heavy (non-hydrogen) atoms. The maximum absolute atomic E-state index is 13.4. The van der Waals surface area contributed by atoms with Gasteiger partial charge in [0.25, 0.3) is 5.91 Å². The summed E-state index contributed by atoms with van der Waals surface area (Å²) in [5.74, 6) is 0.491. The lowest BCUT2D eigenvalue weighted by Gasteiger charge is -2.42. The van der Waals surface area contributed by atoms with Gasteiger partial charge in [0.15, 0.2) is 5.60 Å². The van der Waals surface area contributed by atoms with E-state index in [1.807, 2.05) is 61.3 Å². The SMILES string of the molecule is CC(C)NC(=O)[C@]1(Cc2ccc(-c3cccnc3)cc2)CN(C(=O)CC2CCCC2)CCO1.